The fraction of sp³-hybridized carbons (Fsp3) is 0.750. The summed E-state index contributed by atoms with van der Waals surface area (Å²) in [4.78, 5) is 13.2. The molecule has 0 N–H and O–H groups in total. The van der Waals surface area contributed by atoms with Gasteiger partial charge in [0.25, 0.3) is 0 Å². The minimum Gasteiger partial charge on any atom is -0.459 e. The maximum Gasteiger partial charge on any atom is 0.309 e. The molecule has 2 aromatic heterocycles. The first-order valence-electron chi connectivity index (χ1n) is 13.6. The Morgan fingerprint density at radius 2 is 1.94 bits per heavy atom. The third-order valence-corrected chi connectivity index (χ3v) is 8.10. The first-order valence-corrected chi connectivity index (χ1v) is 13.6. The van der Waals surface area contributed by atoms with Gasteiger partial charge in [0.15, 0.2) is 6.29 Å². The van der Waals surface area contributed by atoms with Crippen LogP contribution in [0.25, 0.3) is 11.2 Å². The Bertz CT molecular complexity index is 952. The molecular formula is C28H40O6. The van der Waals surface area contributed by atoms with E-state index in [1.807, 2.05) is 0 Å². The van der Waals surface area contributed by atoms with Crippen molar-refractivity contribution in [2.75, 3.05) is 6.61 Å². The van der Waals surface area contributed by atoms with Crippen LogP contribution in [-0.4, -0.2) is 24.5 Å². The molecule has 34 heavy (non-hydrogen) atoms. The van der Waals surface area contributed by atoms with E-state index in [0.29, 0.717) is 6.61 Å². The van der Waals surface area contributed by atoms with Crippen LogP contribution in [0, 0.1) is 0 Å². The molecule has 1 saturated carbocycles. The van der Waals surface area contributed by atoms with Crippen molar-refractivity contribution >= 4 is 17.1 Å². The summed E-state index contributed by atoms with van der Waals surface area (Å²) in [6, 6.07) is 2.07. The zero-order valence-corrected chi connectivity index (χ0v) is 21.0. The van der Waals surface area contributed by atoms with Gasteiger partial charge in [-0.15, -0.1) is 0 Å². The quantitative estimate of drug-likeness (QED) is 0.335. The van der Waals surface area contributed by atoms with Crippen molar-refractivity contribution in [3.63, 3.8) is 0 Å². The van der Waals surface area contributed by atoms with Gasteiger partial charge < -0.3 is 23.4 Å². The van der Waals surface area contributed by atoms with E-state index in [9.17, 15) is 4.79 Å². The van der Waals surface area contributed by atoms with E-state index in [0.717, 1.165) is 87.4 Å². The van der Waals surface area contributed by atoms with Crippen molar-refractivity contribution in [3.8, 4) is 0 Å². The summed E-state index contributed by atoms with van der Waals surface area (Å²) in [7, 11) is 0. The molecule has 4 unspecified atom stereocenters. The van der Waals surface area contributed by atoms with Crippen LogP contribution in [-0.2, 0) is 23.7 Å². The minimum atomic E-state index is -0.449. The van der Waals surface area contributed by atoms with Gasteiger partial charge >= 0.3 is 5.97 Å². The third kappa shape index (κ3) is 4.49. The highest BCUT2D eigenvalue weighted by Gasteiger charge is 2.41. The summed E-state index contributed by atoms with van der Waals surface area (Å²) in [6.45, 7) is 7.15. The zero-order valence-electron chi connectivity index (χ0n) is 21.0. The zero-order chi connectivity index (χ0) is 23.7. The Kier molecular flexibility index (Phi) is 7.19. The average Bonchev–Trinajstić information content (AvgIpc) is 3.62. The Labute approximate surface area is 203 Å². The van der Waals surface area contributed by atoms with Crippen molar-refractivity contribution < 1.29 is 28.2 Å². The molecule has 0 amide bonds. The summed E-state index contributed by atoms with van der Waals surface area (Å²) < 4.78 is 31.1. The van der Waals surface area contributed by atoms with E-state index in [2.05, 4.69) is 26.8 Å². The Balaban J connectivity index is 1.42. The van der Waals surface area contributed by atoms with Gasteiger partial charge in [0.05, 0.1) is 24.7 Å². The minimum absolute atomic E-state index is 0.0307. The van der Waals surface area contributed by atoms with E-state index in [1.54, 1.807) is 0 Å². The molecular weight excluding hydrogens is 432 g/mol. The molecule has 188 valence electrons. The summed E-state index contributed by atoms with van der Waals surface area (Å²) in [5.74, 6) is -0.188. The van der Waals surface area contributed by atoms with Crippen LogP contribution < -0.4 is 0 Å². The van der Waals surface area contributed by atoms with Crippen LogP contribution in [0.5, 0.6) is 0 Å². The Morgan fingerprint density at radius 3 is 2.62 bits per heavy atom. The number of hydrogen-bond acceptors (Lipinski definition) is 6. The van der Waals surface area contributed by atoms with Gasteiger partial charge in [-0.05, 0) is 70.3 Å². The normalized spacial score (nSPS) is 27.3. The number of carbonyl (C=O) groups excluding carboxylic acids is 1. The van der Waals surface area contributed by atoms with Crippen LogP contribution >= 0.6 is 0 Å². The lowest BCUT2D eigenvalue weighted by atomic mass is 9.94. The molecule has 1 aliphatic carbocycles. The molecule has 6 nitrogen and oxygen atoms in total. The number of fused-ring (bicyclic) bond motifs is 5. The maximum absolute atomic E-state index is 13.2. The number of carbonyl (C=O) groups is 1. The van der Waals surface area contributed by atoms with Crippen molar-refractivity contribution in [3.05, 3.63) is 22.8 Å². The van der Waals surface area contributed by atoms with Crippen LogP contribution in [0.1, 0.15) is 133 Å². The van der Waals surface area contributed by atoms with Gasteiger partial charge in [-0.1, -0.05) is 27.2 Å². The highest BCUT2D eigenvalue weighted by molar-refractivity contribution is 5.80. The molecule has 5 rings (SSSR count). The number of benzene rings is 1. The van der Waals surface area contributed by atoms with Crippen molar-refractivity contribution in [1.82, 2.24) is 0 Å². The van der Waals surface area contributed by atoms with E-state index in [-0.39, 0.29) is 36.5 Å². The lowest BCUT2D eigenvalue weighted by Gasteiger charge is -2.30. The second kappa shape index (κ2) is 10.2. The molecule has 2 aromatic rings. The maximum atomic E-state index is 13.2. The second-order valence-electron chi connectivity index (χ2n) is 10.4. The first-order chi connectivity index (χ1) is 16.6. The Hall–Kier alpha value is -1.63. The SMILES string of the molecule is CCCC1OC(CC)c2c1c1cc(C(CC(=O)OC3(CC)CCCC3)OC3CCCCO3)c2o1. The van der Waals surface area contributed by atoms with Crippen molar-refractivity contribution in [2.24, 2.45) is 0 Å². The first kappa shape index (κ1) is 24.1. The summed E-state index contributed by atoms with van der Waals surface area (Å²) in [5.41, 5.74) is 4.73. The van der Waals surface area contributed by atoms with Gasteiger partial charge in [-0.25, -0.2) is 0 Å². The fourth-order valence-electron chi connectivity index (χ4n) is 6.22. The third-order valence-electron chi connectivity index (χ3n) is 8.10. The fourth-order valence-corrected chi connectivity index (χ4v) is 6.22. The predicted octanol–water partition coefficient (Wildman–Crippen LogP) is 7.43. The lowest BCUT2D eigenvalue weighted by molar-refractivity contribution is -0.197. The van der Waals surface area contributed by atoms with Crippen LogP contribution in [0.2, 0.25) is 0 Å². The molecule has 2 fully saturated rings. The molecule has 0 aromatic carbocycles. The molecule has 4 atom stereocenters. The number of rotatable bonds is 10. The standard InChI is InChI=1S/C28H40O6/c1-4-11-20-25-22-16-18(27(33-22)26(25)19(5-2)31-20)21(32-24-12-7-10-15-30-24)17-23(29)34-28(6-3)13-8-9-14-28/h16,19-21,24H,4-15,17H2,1-3H3. The highest BCUT2D eigenvalue weighted by Crippen LogP contribution is 2.52. The molecule has 2 aliphatic heterocycles. The lowest BCUT2D eigenvalue weighted by Crippen LogP contribution is -2.32. The summed E-state index contributed by atoms with van der Waals surface area (Å²) >= 11 is 0. The van der Waals surface area contributed by atoms with Gasteiger partial charge in [0.2, 0.25) is 0 Å². The van der Waals surface area contributed by atoms with E-state index in [1.165, 1.54) is 11.1 Å². The molecule has 0 spiro atoms. The van der Waals surface area contributed by atoms with Crippen molar-refractivity contribution in [2.45, 2.75) is 128 Å². The monoisotopic (exact) mass is 472 g/mol. The predicted molar refractivity (Wildman–Crippen MR) is 129 cm³/mol. The molecule has 1 saturated heterocycles. The van der Waals surface area contributed by atoms with Crippen LogP contribution in [0.4, 0.5) is 0 Å². The summed E-state index contributed by atoms with van der Waals surface area (Å²) in [5, 5.41) is 0. The largest absolute Gasteiger partial charge is 0.459 e. The summed E-state index contributed by atoms with van der Waals surface area (Å²) in [6.07, 6.45) is 10.5. The van der Waals surface area contributed by atoms with Crippen LogP contribution in [0.3, 0.4) is 0 Å². The molecule has 2 bridgehead atoms. The Morgan fingerprint density at radius 1 is 1.12 bits per heavy atom. The van der Waals surface area contributed by atoms with Crippen molar-refractivity contribution in [1.29, 1.82) is 0 Å². The van der Waals surface area contributed by atoms with Gasteiger partial charge in [0, 0.05) is 23.3 Å². The smallest absolute Gasteiger partial charge is 0.309 e. The average molecular weight is 473 g/mol. The number of furan rings is 2. The van der Waals surface area contributed by atoms with E-state index < -0.39 is 6.10 Å². The van der Waals surface area contributed by atoms with Gasteiger partial charge in [0.1, 0.15) is 16.8 Å². The van der Waals surface area contributed by atoms with Gasteiger partial charge in [-0.2, -0.15) is 0 Å². The second-order valence-corrected chi connectivity index (χ2v) is 10.4. The number of ether oxygens (including phenoxy) is 4. The number of esters is 1. The van der Waals surface area contributed by atoms with E-state index >= 15 is 0 Å². The molecule has 6 heteroatoms. The molecule has 3 aliphatic rings. The molecule has 0 radical (unpaired) electrons. The van der Waals surface area contributed by atoms with Gasteiger partial charge in [-0.3, -0.25) is 4.79 Å². The molecule has 4 heterocycles. The number of hydrogen-bond donors (Lipinski definition) is 0. The topological polar surface area (TPSA) is 67.1 Å². The highest BCUT2D eigenvalue weighted by atomic mass is 16.7. The van der Waals surface area contributed by atoms with Crippen LogP contribution in [0.15, 0.2) is 10.5 Å². The van der Waals surface area contributed by atoms with E-state index in [4.69, 9.17) is 23.4 Å².